The number of nitrogens with zero attached hydrogens (tertiary/aromatic N) is 3. The largest absolute Gasteiger partial charge is 0.481 e. The first-order valence-electron chi connectivity index (χ1n) is 6.72. The van der Waals surface area contributed by atoms with Crippen LogP contribution in [-0.4, -0.2) is 43.3 Å². The molecule has 1 aliphatic rings. The number of rotatable bonds is 7. The fourth-order valence-corrected chi connectivity index (χ4v) is 2.14. The third-order valence-corrected chi connectivity index (χ3v) is 3.46. The molecule has 0 saturated heterocycles. The van der Waals surface area contributed by atoms with Crippen molar-refractivity contribution < 1.29 is 9.47 Å². The van der Waals surface area contributed by atoms with Crippen molar-refractivity contribution in [3.63, 3.8) is 0 Å². The number of nitrogens with two attached hydrogens (primary N) is 1. The lowest BCUT2D eigenvalue weighted by atomic mass is 9.91. The van der Waals surface area contributed by atoms with Crippen LogP contribution >= 0.6 is 0 Å². The van der Waals surface area contributed by atoms with Crippen LogP contribution in [0.2, 0.25) is 0 Å². The van der Waals surface area contributed by atoms with Gasteiger partial charge in [0, 0.05) is 12.6 Å². The highest BCUT2D eigenvalue weighted by Crippen LogP contribution is 2.29. The zero-order chi connectivity index (χ0) is 13.7. The molecule has 0 radical (unpaired) electrons. The molecule has 0 aliphatic heterocycles. The quantitative estimate of drug-likeness (QED) is 0.799. The Labute approximate surface area is 113 Å². The zero-order valence-corrected chi connectivity index (χ0v) is 11.6. The molecule has 1 fully saturated rings. The molecule has 1 heterocycles. The van der Waals surface area contributed by atoms with Crippen molar-refractivity contribution in [1.82, 2.24) is 9.97 Å². The number of anilines is 1. The van der Waals surface area contributed by atoms with Crippen LogP contribution in [0.5, 0.6) is 11.8 Å². The maximum atomic E-state index is 5.61. The van der Waals surface area contributed by atoms with E-state index in [-0.39, 0.29) is 0 Å². The fourth-order valence-electron chi connectivity index (χ4n) is 2.14. The predicted octanol–water partition coefficient (Wildman–Crippen LogP) is 1.20. The minimum Gasteiger partial charge on any atom is -0.481 e. The number of ether oxygens (including phenoxy) is 2. The van der Waals surface area contributed by atoms with Gasteiger partial charge in [-0.1, -0.05) is 0 Å². The van der Waals surface area contributed by atoms with Gasteiger partial charge in [0.25, 0.3) is 0 Å². The summed E-state index contributed by atoms with van der Waals surface area (Å²) in [5.41, 5.74) is 5.61. The number of methoxy groups -OCH3 is 2. The van der Waals surface area contributed by atoms with E-state index in [0.29, 0.717) is 30.3 Å². The molecule has 0 aromatic carbocycles. The molecule has 2 N–H and O–H groups in total. The molecule has 6 heteroatoms. The van der Waals surface area contributed by atoms with E-state index >= 15 is 0 Å². The highest BCUT2D eigenvalue weighted by Gasteiger charge is 2.27. The van der Waals surface area contributed by atoms with E-state index in [2.05, 4.69) is 14.9 Å². The van der Waals surface area contributed by atoms with Gasteiger partial charge in [0.15, 0.2) is 0 Å². The molecule has 1 aliphatic carbocycles. The van der Waals surface area contributed by atoms with Gasteiger partial charge >= 0.3 is 0 Å². The van der Waals surface area contributed by atoms with Crippen LogP contribution in [0.25, 0.3) is 0 Å². The molecule has 1 aromatic rings. The summed E-state index contributed by atoms with van der Waals surface area (Å²) in [6, 6.07) is 2.20. The first-order valence-corrected chi connectivity index (χ1v) is 6.72. The van der Waals surface area contributed by atoms with Crippen LogP contribution in [0.1, 0.15) is 25.7 Å². The molecular weight excluding hydrogens is 244 g/mol. The van der Waals surface area contributed by atoms with E-state index in [9.17, 15) is 0 Å². The summed E-state index contributed by atoms with van der Waals surface area (Å²) in [6.45, 7) is 1.54. The summed E-state index contributed by atoms with van der Waals surface area (Å²) >= 11 is 0. The Morgan fingerprint density at radius 2 is 1.89 bits per heavy atom. The van der Waals surface area contributed by atoms with E-state index in [1.54, 1.807) is 20.3 Å². The van der Waals surface area contributed by atoms with Crippen molar-refractivity contribution in [2.24, 2.45) is 5.73 Å². The van der Waals surface area contributed by atoms with Gasteiger partial charge in [-0.3, -0.25) is 0 Å². The Bertz CT molecular complexity index is 387. The number of hydrogen-bond acceptors (Lipinski definition) is 6. The highest BCUT2D eigenvalue weighted by molar-refractivity contribution is 5.38. The van der Waals surface area contributed by atoms with Gasteiger partial charge in [-0.05, 0) is 32.2 Å². The first-order chi connectivity index (χ1) is 9.28. The molecule has 1 saturated carbocycles. The fraction of sp³-hybridized carbons (Fsp3) is 0.692. The molecule has 2 rings (SSSR count). The Balaban J connectivity index is 2.23. The monoisotopic (exact) mass is 266 g/mol. The molecule has 0 bridgehead atoms. The molecule has 0 spiro atoms. The average Bonchev–Trinajstić information content (AvgIpc) is 2.40. The van der Waals surface area contributed by atoms with Crippen molar-refractivity contribution in [1.29, 1.82) is 0 Å². The van der Waals surface area contributed by atoms with Gasteiger partial charge < -0.3 is 20.1 Å². The van der Waals surface area contributed by atoms with Crippen LogP contribution in [0.3, 0.4) is 0 Å². The van der Waals surface area contributed by atoms with E-state index in [0.717, 1.165) is 13.0 Å². The Hall–Kier alpha value is -1.56. The van der Waals surface area contributed by atoms with Crippen molar-refractivity contribution >= 4 is 5.95 Å². The molecule has 19 heavy (non-hydrogen) atoms. The van der Waals surface area contributed by atoms with Crippen molar-refractivity contribution in [2.45, 2.75) is 31.7 Å². The molecular formula is C13H22N4O2. The lowest BCUT2D eigenvalue weighted by molar-refractivity contribution is 0.358. The number of hydrogen-bond donors (Lipinski definition) is 1. The summed E-state index contributed by atoms with van der Waals surface area (Å²) < 4.78 is 10.4. The number of aromatic nitrogens is 2. The smallest absolute Gasteiger partial charge is 0.232 e. The Morgan fingerprint density at radius 1 is 1.26 bits per heavy atom. The molecule has 0 atom stereocenters. The summed E-state index contributed by atoms with van der Waals surface area (Å²) in [5, 5.41) is 0. The lowest BCUT2D eigenvalue weighted by Crippen LogP contribution is -2.42. The van der Waals surface area contributed by atoms with E-state index in [1.807, 2.05) is 0 Å². The summed E-state index contributed by atoms with van der Waals surface area (Å²) in [7, 11) is 3.19. The summed E-state index contributed by atoms with van der Waals surface area (Å²) in [5.74, 6) is 1.73. The lowest BCUT2D eigenvalue weighted by Gasteiger charge is -2.37. The van der Waals surface area contributed by atoms with Crippen LogP contribution in [0.4, 0.5) is 5.95 Å². The average molecular weight is 266 g/mol. The van der Waals surface area contributed by atoms with Gasteiger partial charge in [-0.15, -0.1) is 0 Å². The second-order valence-corrected chi connectivity index (χ2v) is 4.67. The molecule has 6 nitrogen and oxygen atoms in total. The summed E-state index contributed by atoms with van der Waals surface area (Å²) in [6.07, 6.45) is 4.57. The third-order valence-electron chi connectivity index (χ3n) is 3.46. The van der Waals surface area contributed by atoms with Crippen molar-refractivity contribution in [3.05, 3.63) is 6.07 Å². The minimum absolute atomic E-state index is 0.517. The first kappa shape index (κ1) is 13.9. The molecule has 1 aromatic heterocycles. The van der Waals surface area contributed by atoms with Crippen LogP contribution in [0, 0.1) is 0 Å². The zero-order valence-electron chi connectivity index (χ0n) is 11.6. The van der Waals surface area contributed by atoms with Crippen LogP contribution < -0.4 is 20.1 Å². The van der Waals surface area contributed by atoms with Crippen molar-refractivity contribution in [3.8, 4) is 11.8 Å². The second-order valence-electron chi connectivity index (χ2n) is 4.67. The molecule has 0 amide bonds. The summed E-state index contributed by atoms with van der Waals surface area (Å²) in [4.78, 5) is 11.1. The van der Waals surface area contributed by atoms with Gasteiger partial charge in [0.2, 0.25) is 17.7 Å². The maximum Gasteiger partial charge on any atom is 0.232 e. The van der Waals surface area contributed by atoms with Gasteiger partial charge in [-0.25, -0.2) is 0 Å². The SMILES string of the molecule is COc1cc(OC)nc(N(CCCN)C2CCC2)n1. The second kappa shape index (κ2) is 6.56. The topological polar surface area (TPSA) is 73.5 Å². The van der Waals surface area contributed by atoms with Crippen molar-refractivity contribution in [2.75, 3.05) is 32.2 Å². The highest BCUT2D eigenvalue weighted by atomic mass is 16.5. The van der Waals surface area contributed by atoms with E-state index in [4.69, 9.17) is 15.2 Å². The standard InChI is InChI=1S/C13H22N4O2/c1-18-11-9-12(19-2)16-13(15-11)17(8-4-7-14)10-5-3-6-10/h9-10H,3-8,14H2,1-2H3. The Kier molecular flexibility index (Phi) is 4.79. The van der Waals surface area contributed by atoms with Crippen LogP contribution in [-0.2, 0) is 0 Å². The minimum atomic E-state index is 0.517. The maximum absolute atomic E-state index is 5.61. The molecule has 0 unspecified atom stereocenters. The predicted molar refractivity (Wildman–Crippen MR) is 73.8 cm³/mol. The Morgan fingerprint density at radius 3 is 2.32 bits per heavy atom. The van der Waals surface area contributed by atoms with Crippen LogP contribution in [0.15, 0.2) is 6.07 Å². The van der Waals surface area contributed by atoms with Gasteiger partial charge in [-0.2, -0.15) is 9.97 Å². The van der Waals surface area contributed by atoms with Gasteiger partial charge in [0.1, 0.15) is 0 Å². The van der Waals surface area contributed by atoms with E-state index in [1.165, 1.54) is 19.3 Å². The molecule has 106 valence electrons. The normalized spacial score (nSPS) is 14.9. The van der Waals surface area contributed by atoms with E-state index < -0.39 is 0 Å². The third kappa shape index (κ3) is 3.26. The van der Waals surface area contributed by atoms with Gasteiger partial charge in [0.05, 0.1) is 20.3 Å².